The van der Waals surface area contributed by atoms with Crippen molar-refractivity contribution in [2.75, 3.05) is 13.1 Å². The number of likely N-dealkylation sites (tertiary alicyclic amines) is 1. The van der Waals surface area contributed by atoms with Crippen molar-refractivity contribution >= 4 is 5.91 Å². The van der Waals surface area contributed by atoms with Gasteiger partial charge in [0.25, 0.3) is 0 Å². The Balaban J connectivity index is 1.49. The summed E-state index contributed by atoms with van der Waals surface area (Å²) in [5.74, 6) is 2.58. The van der Waals surface area contributed by atoms with Crippen LogP contribution in [0.4, 0.5) is 0 Å². The summed E-state index contributed by atoms with van der Waals surface area (Å²) in [6.07, 6.45) is 3.48. The Morgan fingerprint density at radius 2 is 2.09 bits per heavy atom. The zero-order valence-electron chi connectivity index (χ0n) is 13.9. The molecule has 0 spiro atoms. The van der Waals surface area contributed by atoms with Crippen molar-refractivity contribution in [3.63, 3.8) is 0 Å². The summed E-state index contributed by atoms with van der Waals surface area (Å²) in [7, 11) is 0. The number of carbonyl (C=O) groups is 1. The van der Waals surface area contributed by atoms with Gasteiger partial charge in [-0.25, -0.2) is 4.98 Å². The smallest absolute Gasteiger partial charge is 0.226 e. The van der Waals surface area contributed by atoms with E-state index in [4.69, 9.17) is 0 Å². The molecule has 1 amide bonds. The van der Waals surface area contributed by atoms with E-state index in [-0.39, 0.29) is 5.91 Å². The van der Waals surface area contributed by atoms with Gasteiger partial charge in [-0.3, -0.25) is 9.89 Å². The summed E-state index contributed by atoms with van der Waals surface area (Å²) >= 11 is 0. The van der Waals surface area contributed by atoms with Gasteiger partial charge < -0.3 is 4.90 Å². The van der Waals surface area contributed by atoms with Gasteiger partial charge in [0.1, 0.15) is 5.82 Å². The average molecular weight is 312 g/mol. The number of piperidine rings is 1. The fourth-order valence-corrected chi connectivity index (χ4v) is 3.23. The fraction of sp³-hybridized carbons (Fsp3) is 0.500. The largest absolute Gasteiger partial charge is 0.342 e. The van der Waals surface area contributed by atoms with E-state index in [0.29, 0.717) is 12.3 Å². The summed E-state index contributed by atoms with van der Waals surface area (Å²) in [5.41, 5.74) is 2.31. The molecule has 1 aliphatic heterocycles. The van der Waals surface area contributed by atoms with Crippen LogP contribution in [-0.4, -0.2) is 39.1 Å². The lowest BCUT2D eigenvalue weighted by Crippen LogP contribution is -2.39. The fourth-order valence-electron chi connectivity index (χ4n) is 3.23. The molecule has 0 bridgehead atoms. The van der Waals surface area contributed by atoms with Gasteiger partial charge in [-0.1, -0.05) is 29.8 Å². The number of nitrogens with zero attached hydrogens (tertiary/aromatic N) is 3. The van der Waals surface area contributed by atoms with E-state index in [9.17, 15) is 4.79 Å². The molecule has 5 nitrogen and oxygen atoms in total. The quantitative estimate of drug-likeness (QED) is 0.943. The highest BCUT2D eigenvalue weighted by molar-refractivity contribution is 5.78. The first kappa shape index (κ1) is 15.7. The maximum atomic E-state index is 12.4. The molecule has 0 unspecified atom stereocenters. The normalized spacial score (nSPS) is 15.8. The molecule has 2 heterocycles. The van der Waals surface area contributed by atoms with Crippen LogP contribution in [0.3, 0.4) is 0 Å². The average Bonchev–Trinajstić information content (AvgIpc) is 2.93. The van der Waals surface area contributed by atoms with Crippen LogP contribution in [0, 0.1) is 19.8 Å². The summed E-state index contributed by atoms with van der Waals surface area (Å²) in [6.45, 7) is 5.67. The van der Waals surface area contributed by atoms with Crippen molar-refractivity contribution in [1.29, 1.82) is 0 Å². The molecule has 0 atom stereocenters. The molecule has 2 aromatic rings. The molecule has 0 aliphatic carbocycles. The summed E-state index contributed by atoms with van der Waals surface area (Å²) in [6, 6.07) is 8.20. The lowest BCUT2D eigenvalue weighted by Gasteiger charge is -2.31. The number of H-pyrrole nitrogens is 1. The Hall–Kier alpha value is -2.17. The topological polar surface area (TPSA) is 61.9 Å². The van der Waals surface area contributed by atoms with Crippen LogP contribution in [0.15, 0.2) is 24.3 Å². The molecule has 1 aromatic heterocycles. The lowest BCUT2D eigenvalue weighted by molar-refractivity contribution is -0.131. The monoisotopic (exact) mass is 312 g/mol. The standard InChI is InChI=1S/C18H24N4O/c1-13-4-3-5-16(10-13)12-18(23)22-8-6-15(7-9-22)11-17-19-14(2)20-21-17/h3-5,10,15H,6-9,11-12H2,1-2H3,(H,19,20,21). The van der Waals surface area contributed by atoms with Crippen LogP contribution in [0.2, 0.25) is 0 Å². The zero-order valence-corrected chi connectivity index (χ0v) is 13.9. The number of aromatic nitrogens is 3. The van der Waals surface area contributed by atoms with Gasteiger partial charge >= 0.3 is 0 Å². The number of hydrogen-bond acceptors (Lipinski definition) is 3. The van der Waals surface area contributed by atoms with E-state index in [1.54, 1.807) is 0 Å². The molecule has 122 valence electrons. The highest BCUT2D eigenvalue weighted by Gasteiger charge is 2.23. The molecule has 0 radical (unpaired) electrons. The number of hydrogen-bond donors (Lipinski definition) is 1. The van der Waals surface area contributed by atoms with Gasteiger partial charge in [-0.05, 0) is 38.2 Å². The number of rotatable bonds is 4. The van der Waals surface area contributed by atoms with E-state index in [1.807, 2.05) is 24.0 Å². The summed E-state index contributed by atoms with van der Waals surface area (Å²) < 4.78 is 0. The van der Waals surface area contributed by atoms with Gasteiger partial charge in [0.05, 0.1) is 6.42 Å². The van der Waals surface area contributed by atoms with Crippen LogP contribution >= 0.6 is 0 Å². The van der Waals surface area contributed by atoms with Crippen molar-refractivity contribution in [1.82, 2.24) is 20.1 Å². The Bertz CT molecular complexity index is 671. The molecule has 1 aliphatic rings. The molecule has 1 N–H and O–H groups in total. The predicted octanol–water partition coefficient (Wildman–Crippen LogP) is 2.45. The number of aromatic amines is 1. The third-order valence-corrected chi connectivity index (χ3v) is 4.52. The zero-order chi connectivity index (χ0) is 16.2. The van der Waals surface area contributed by atoms with Crippen molar-refractivity contribution in [3.8, 4) is 0 Å². The van der Waals surface area contributed by atoms with E-state index < -0.39 is 0 Å². The predicted molar refractivity (Wildman–Crippen MR) is 89.0 cm³/mol. The van der Waals surface area contributed by atoms with E-state index in [1.165, 1.54) is 5.56 Å². The number of carbonyl (C=O) groups excluding carboxylic acids is 1. The molecule has 23 heavy (non-hydrogen) atoms. The van der Waals surface area contributed by atoms with Crippen molar-refractivity contribution in [2.45, 2.75) is 39.5 Å². The first-order valence-electron chi connectivity index (χ1n) is 8.31. The molecule has 3 rings (SSSR count). The minimum absolute atomic E-state index is 0.239. The van der Waals surface area contributed by atoms with Crippen LogP contribution in [0.25, 0.3) is 0 Å². The van der Waals surface area contributed by atoms with Gasteiger partial charge in [-0.2, -0.15) is 5.10 Å². The number of amides is 1. The van der Waals surface area contributed by atoms with E-state index in [0.717, 1.165) is 49.6 Å². The van der Waals surface area contributed by atoms with Crippen LogP contribution in [0.1, 0.15) is 35.6 Å². The second-order valence-electron chi connectivity index (χ2n) is 6.53. The van der Waals surface area contributed by atoms with Gasteiger partial charge in [-0.15, -0.1) is 0 Å². The Morgan fingerprint density at radius 3 is 2.74 bits per heavy atom. The maximum absolute atomic E-state index is 12.4. The minimum atomic E-state index is 0.239. The Kier molecular flexibility index (Phi) is 4.74. The lowest BCUT2D eigenvalue weighted by atomic mass is 9.93. The van der Waals surface area contributed by atoms with Gasteiger partial charge in [0, 0.05) is 19.5 Å². The van der Waals surface area contributed by atoms with Crippen LogP contribution in [0.5, 0.6) is 0 Å². The van der Waals surface area contributed by atoms with Crippen LogP contribution in [-0.2, 0) is 17.6 Å². The summed E-state index contributed by atoms with van der Waals surface area (Å²) in [5, 5.41) is 7.10. The number of nitrogens with one attached hydrogen (secondary N) is 1. The van der Waals surface area contributed by atoms with E-state index >= 15 is 0 Å². The molecular formula is C18H24N4O. The Labute approximate surface area is 137 Å². The van der Waals surface area contributed by atoms with Crippen molar-refractivity contribution in [2.24, 2.45) is 5.92 Å². The Morgan fingerprint density at radius 1 is 1.30 bits per heavy atom. The molecule has 1 aromatic carbocycles. The third kappa shape index (κ3) is 4.18. The third-order valence-electron chi connectivity index (χ3n) is 4.52. The van der Waals surface area contributed by atoms with Gasteiger partial charge in [0.2, 0.25) is 5.91 Å². The highest BCUT2D eigenvalue weighted by atomic mass is 16.2. The SMILES string of the molecule is Cc1cccc(CC(=O)N2CCC(Cc3n[nH]c(C)n3)CC2)c1. The molecule has 1 saturated heterocycles. The first-order chi connectivity index (χ1) is 11.1. The second-order valence-corrected chi connectivity index (χ2v) is 6.53. The minimum Gasteiger partial charge on any atom is -0.342 e. The maximum Gasteiger partial charge on any atom is 0.226 e. The number of benzene rings is 1. The van der Waals surface area contributed by atoms with Crippen molar-refractivity contribution < 1.29 is 4.79 Å². The molecular weight excluding hydrogens is 288 g/mol. The molecule has 0 saturated carbocycles. The second kappa shape index (κ2) is 6.94. The number of aryl methyl sites for hydroxylation is 2. The summed E-state index contributed by atoms with van der Waals surface area (Å²) in [4.78, 5) is 18.8. The van der Waals surface area contributed by atoms with Crippen molar-refractivity contribution in [3.05, 3.63) is 47.0 Å². The highest BCUT2D eigenvalue weighted by Crippen LogP contribution is 2.21. The van der Waals surface area contributed by atoms with Gasteiger partial charge in [0.15, 0.2) is 5.82 Å². The molecule has 1 fully saturated rings. The van der Waals surface area contributed by atoms with Crippen LogP contribution < -0.4 is 0 Å². The first-order valence-corrected chi connectivity index (χ1v) is 8.31. The van der Waals surface area contributed by atoms with E-state index in [2.05, 4.69) is 34.2 Å². The molecule has 5 heteroatoms.